The second kappa shape index (κ2) is 11.5. The number of hydrogen-bond acceptors (Lipinski definition) is 4. The standard InChI is InChI=1S/C29H33ClN4O2/c1-5-33(6-2)23-16-17-24(20(4)18-23)32-29(35)36-27(21-12-14-22(30)15-13-21)19-28-31-25-10-8-9-11-26(25)34(28)7-3/h8-18,27H,5-7,19H2,1-4H3,(H,32,35). The lowest BCUT2D eigenvalue weighted by Crippen LogP contribution is -2.22. The number of carbonyl (C=O) groups is 1. The Morgan fingerprint density at radius 1 is 1.06 bits per heavy atom. The Morgan fingerprint density at radius 2 is 1.78 bits per heavy atom. The minimum atomic E-state index is -0.528. The summed E-state index contributed by atoms with van der Waals surface area (Å²) in [6.45, 7) is 11.0. The molecule has 0 aliphatic carbocycles. The van der Waals surface area contributed by atoms with Crippen LogP contribution in [0.1, 0.15) is 43.8 Å². The smallest absolute Gasteiger partial charge is 0.412 e. The molecule has 1 heterocycles. The molecule has 0 radical (unpaired) electrons. The molecule has 1 unspecified atom stereocenters. The number of halogens is 1. The molecule has 1 amide bonds. The molecule has 0 saturated carbocycles. The van der Waals surface area contributed by atoms with Gasteiger partial charge < -0.3 is 14.2 Å². The zero-order valence-electron chi connectivity index (χ0n) is 21.3. The Kier molecular flexibility index (Phi) is 8.16. The maximum absolute atomic E-state index is 13.1. The van der Waals surface area contributed by atoms with Gasteiger partial charge in [-0.1, -0.05) is 35.9 Å². The predicted molar refractivity (Wildman–Crippen MR) is 148 cm³/mol. The molecular formula is C29H33ClN4O2. The molecule has 7 heteroatoms. The zero-order chi connectivity index (χ0) is 25.7. The number of nitrogens with zero attached hydrogens (tertiary/aromatic N) is 3. The van der Waals surface area contributed by atoms with Crippen LogP contribution in [-0.4, -0.2) is 28.7 Å². The van der Waals surface area contributed by atoms with Crippen LogP contribution in [0.2, 0.25) is 5.02 Å². The van der Waals surface area contributed by atoms with E-state index in [1.165, 1.54) is 0 Å². The van der Waals surface area contributed by atoms with E-state index in [1.807, 2.05) is 61.5 Å². The van der Waals surface area contributed by atoms with Crippen LogP contribution in [0.4, 0.5) is 16.2 Å². The van der Waals surface area contributed by atoms with Crippen LogP contribution >= 0.6 is 11.6 Å². The van der Waals surface area contributed by atoms with Crippen LogP contribution in [0, 0.1) is 6.92 Å². The van der Waals surface area contributed by atoms with Gasteiger partial charge in [0, 0.05) is 42.5 Å². The summed E-state index contributed by atoms with van der Waals surface area (Å²) in [6, 6.07) is 21.5. The number of amides is 1. The van der Waals surface area contributed by atoms with Gasteiger partial charge in [-0.05, 0) is 81.3 Å². The lowest BCUT2D eigenvalue weighted by Gasteiger charge is -2.23. The fourth-order valence-electron chi connectivity index (χ4n) is 4.55. The molecule has 36 heavy (non-hydrogen) atoms. The normalized spacial score (nSPS) is 11.9. The quantitative estimate of drug-likeness (QED) is 0.258. The molecule has 0 saturated heterocycles. The molecule has 4 rings (SSSR count). The number of anilines is 2. The minimum Gasteiger partial charge on any atom is -0.441 e. The monoisotopic (exact) mass is 504 g/mol. The third-order valence-electron chi connectivity index (χ3n) is 6.48. The van der Waals surface area contributed by atoms with E-state index in [0.29, 0.717) is 11.4 Å². The van der Waals surface area contributed by atoms with E-state index < -0.39 is 12.2 Å². The first-order valence-electron chi connectivity index (χ1n) is 12.5. The summed E-state index contributed by atoms with van der Waals surface area (Å²) in [5, 5.41) is 3.56. The number of fused-ring (bicyclic) bond motifs is 1. The van der Waals surface area contributed by atoms with Crippen LogP contribution < -0.4 is 10.2 Å². The van der Waals surface area contributed by atoms with Gasteiger partial charge in [0.25, 0.3) is 0 Å². The number of para-hydroxylation sites is 2. The summed E-state index contributed by atoms with van der Waals surface area (Å²) in [7, 11) is 0. The van der Waals surface area contributed by atoms with E-state index in [0.717, 1.165) is 59.0 Å². The largest absolute Gasteiger partial charge is 0.441 e. The summed E-state index contributed by atoms with van der Waals surface area (Å²) in [5.41, 5.74) is 5.70. The molecule has 3 aromatic carbocycles. The Balaban J connectivity index is 1.58. The fraction of sp³-hybridized carbons (Fsp3) is 0.310. The molecule has 1 atom stereocenters. The minimum absolute atomic E-state index is 0.442. The van der Waals surface area contributed by atoms with Crippen LogP contribution in [-0.2, 0) is 17.7 Å². The second-order valence-corrected chi connectivity index (χ2v) is 9.14. The van der Waals surface area contributed by atoms with Crippen molar-refractivity contribution in [1.82, 2.24) is 9.55 Å². The highest BCUT2D eigenvalue weighted by molar-refractivity contribution is 6.30. The van der Waals surface area contributed by atoms with E-state index >= 15 is 0 Å². The predicted octanol–water partition coefficient (Wildman–Crippen LogP) is 7.40. The van der Waals surface area contributed by atoms with Gasteiger partial charge in [-0.2, -0.15) is 0 Å². The number of aryl methyl sites for hydroxylation is 2. The van der Waals surface area contributed by atoms with E-state index in [9.17, 15) is 4.79 Å². The molecule has 0 aliphatic rings. The number of nitrogens with one attached hydrogen (secondary N) is 1. The highest BCUT2D eigenvalue weighted by Crippen LogP contribution is 2.28. The van der Waals surface area contributed by atoms with Gasteiger partial charge >= 0.3 is 6.09 Å². The Bertz CT molecular complexity index is 1330. The number of ether oxygens (including phenoxy) is 1. The Morgan fingerprint density at radius 3 is 2.44 bits per heavy atom. The van der Waals surface area contributed by atoms with Crippen molar-refractivity contribution in [3.05, 3.63) is 88.7 Å². The summed E-state index contributed by atoms with van der Waals surface area (Å²) >= 11 is 6.12. The maximum atomic E-state index is 13.1. The van der Waals surface area contributed by atoms with Gasteiger partial charge in [0.1, 0.15) is 11.9 Å². The first-order chi connectivity index (χ1) is 17.4. The van der Waals surface area contributed by atoms with Crippen molar-refractivity contribution in [2.75, 3.05) is 23.3 Å². The van der Waals surface area contributed by atoms with Crippen LogP contribution in [0.25, 0.3) is 11.0 Å². The first kappa shape index (κ1) is 25.6. The maximum Gasteiger partial charge on any atom is 0.412 e. The first-order valence-corrected chi connectivity index (χ1v) is 12.8. The van der Waals surface area contributed by atoms with Crippen molar-refractivity contribution >= 4 is 40.1 Å². The average Bonchev–Trinajstić information content (AvgIpc) is 3.23. The highest BCUT2D eigenvalue weighted by atomic mass is 35.5. The van der Waals surface area contributed by atoms with Crippen molar-refractivity contribution < 1.29 is 9.53 Å². The number of imidazole rings is 1. The average molecular weight is 505 g/mol. The van der Waals surface area contributed by atoms with Crippen molar-refractivity contribution in [1.29, 1.82) is 0 Å². The zero-order valence-corrected chi connectivity index (χ0v) is 22.0. The van der Waals surface area contributed by atoms with E-state index in [1.54, 1.807) is 0 Å². The molecule has 0 spiro atoms. The van der Waals surface area contributed by atoms with Crippen molar-refractivity contribution in [3.63, 3.8) is 0 Å². The fourth-order valence-corrected chi connectivity index (χ4v) is 4.67. The topological polar surface area (TPSA) is 59.4 Å². The number of benzene rings is 3. The lowest BCUT2D eigenvalue weighted by atomic mass is 10.1. The number of carbonyl (C=O) groups excluding carboxylic acids is 1. The van der Waals surface area contributed by atoms with E-state index in [-0.39, 0.29) is 0 Å². The van der Waals surface area contributed by atoms with Crippen molar-refractivity contribution in [2.45, 2.75) is 46.8 Å². The molecule has 6 nitrogen and oxygen atoms in total. The molecule has 4 aromatic rings. The Labute approximate surface area is 217 Å². The molecule has 188 valence electrons. The van der Waals surface area contributed by atoms with Crippen LogP contribution in [0.5, 0.6) is 0 Å². The molecule has 0 bridgehead atoms. The third-order valence-corrected chi connectivity index (χ3v) is 6.74. The van der Waals surface area contributed by atoms with Gasteiger partial charge in [0.2, 0.25) is 0 Å². The highest BCUT2D eigenvalue weighted by Gasteiger charge is 2.22. The van der Waals surface area contributed by atoms with E-state index in [4.69, 9.17) is 21.3 Å². The van der Waals surface area contributed by atoms with Gasteiger partial charge in [-0.3, -0.25) is 5.32 Å². The van der Waals surface area contributed by atoms with Gasteiger partial charge in [0.15, 0.2) is 0 Å². The number of rotatable bonds is 9. The SMILES string of the molecule is CCN(CC)c1ccc(NC(=O)OC(Cc2nc3ccccc3n2CC)c2ccc(Cl)cc2)c(C)c1. The molecular weight excluding hydrogens is 472 g/mol. The summed E-state index contributed by atoms with van der Waals surface area (Å²) in [6.07, 6.45) is -0.593. The van der Waals surface area contributed by atoms with Crippen LogP contribution in [0.15, 0.2) is 66.7 Å². The third kappa shape index (κ3) is 5.65. The van der Waals surface area contributed by atoms with Crippen molar-refractivity contribution in [3.8, 4) is 0 Å². The second-order valence-electron chi connectivity index (χ2n) is 8.71. The summed E-state index contributed by atoms with van der Waals surface area (Å²) < 4.78 is 8.16. The number of aromatic nitrogens is 2. The summed E-state index contributed by atoms with van der Waals surface area (Å²) in [4.78, 5) is 20.2. The van der Waals surface area contributed by atoms with Gasteiger partial charge in [0.05, 0.1) is 11.0 Å². The molecule has 1 aromatic heterocycles. The van der Waals surface area contributed by atoms with Gasteiger partial charge in [-0.25, -0.2) is 9.78 Å². The van der Waals surface area contributed by atoms with Crippen molar-refractivity contribution in [2.24, 2.45) is 0 Å². The molecule has 1 N–H and O–H groups in total. The van der Waals surface area contributed by atoms with E-state index in [2.05, 4.69) is 47.7 Å². The molecule has 0 aliphatic heterocycles. The van der Waals surface area contributed by atoms with Crippen LogP contribution in [0.3, 0.4) is 0 Å². The summed E-state index contributed by atoms with van der Waals surface area (Å²) in [5.74, 6) is 0.867. The Hall–Kier alpha value is -3.51. The molecule has 0 fully saturated rings. The lowest BCUT2D eigenvalue weighted by molar-refractivity contribution is 0.109. The van der Waals surface area contributed by atoms with Gasteiger partial charge in [-0.15, -0.1) is 0 Å². The number of hydrogen-bond donors (Lipinski definition) is 1.